The Bertz CT molecular complexity index is 1470. The maximum atomic E-state index is 5.62. The van der Waals surface area contributed by atoms with Crippen molar-refractivity contribution in [1.29, 1.82) is 0 Å². The number of aromatic nitrogens is 6. The Balaban J connectivity index is 0.000000969. The molecule has 9 heteroatoms. The molecule has 0 atom stereocenters. The summed E-state index contributed by atoms with van der Waals surface area (Å²) in [7, 11) is 9.59. The van der Waals surface area contributed by atoms with Gasteiger partial charge in [0.15, 0.2) is 0 Å². The van der Waals surface area contributed by atoms with Crippen LogP contribution in [0.4, 0.5) is 0 Å². The predicted octanol–water partition coefficient (Wildman–Crippen LogP) is 9.78. The number of hydrogen-bond donors (Lipinski definition) is 0. The van der Waals surface area contributed by atoms with Gasteiger partial charge in [-0.25, -0.2) is 14.0 Å². The first-order valence-electron chi connectivity index (χ1n) is 20.3. The summed E-state index contributed by atoms with van der Waals surface area (Å²) in [5, 5.41) is 16.9. The van der Waals surface area contributed by atoms with Crippen LogP contribution in [0.5, 0.6) is 0 Å². The zero-order valence-corrected chi connectivity index (χ0v) is 32.4. The molecule has 0 saturated heterocycles. The first-order valence-corrected chi connectivity index (χ1v) is 23.6. The van der Waals surface area contributed by atoms with Crippen LogP contribution in [0.1, 0.15) is 140 Å². The fraction of sp³-hybridized carbons (Fsp3) is 0.780. The third-order valence-electron chi connectivity index (χ3n) is 16.8. The molecule has 50 heavy (non-hydrogen) atoms. The van der Waals surface area contributed by atoms with E-state index in [-0.39, 0.29) is 29.4 Å². The monoisotopic (exact) mass is 755 g/mol. The molecule has 269 valence electrons. The van der Waals surface area contributed by atoms with Crippen molar-refractivity contribution in [2.24, 2.45) is 53.3 Å². The van der Waals surface area contributed by atoms with E-state index >= 15 is 0 Å². The van der Waals surface area contributed by atoms with Gasteiger partial charge in [-0.15, -0.1) is 0 Å². The van der Waals surface area contributed by atoms with Gasteiger partial charge in [-0.05, 0) is 187 Å². The van der Waals surface area contributed by atoms with E-state index in [1.807, 2.05) is 0 Å². The van der Waals surface area contributed by atoms with Crippen LogP contribution in [0, 0.1) is 53.3 Å². The van der Waals surface area contributed by atoms with Crippen LogP contribution in [0.3, 0.4) is 0 Å². The molecule has 12 bridgehead atoms. The minimum absolute atomic E-state index is 0.00694. The van der Waals surface area contributed by atoms with Gasteiger partial charge in [0.25, 0.3) is 0 Å². The summed E-state index contributed by atoms with van der Waals surface area (Å²) in [4.78, 5) is 0. The second-order valence-electron chi connectivity index (χ2n) is 20.1. The Labute approximate surface area is 312 Å². The molecule has 0 N–H and O–H groups in total. The van der Waals surface area contributed by atoms with Crippen LogP contribution in [0.2, 0.25) is 0 Å². The van der Waals surface area contributed by atoms with Crippen LogP contribution >= 0.6 is 20.2 Å². The molecule has 12 aliphatic carbocycles. The van der Waals surface area contributed by atoms with E-state index in [0.29, 0.717) is 0 Å². The minimum atomic E-state index is -0.665. The van der Waals surface area contributed by atoms with Crippen LogP contribution in [0.25, 0.3) is 0 Å². The summed E-state index contributed by atoms with van der Waals surface area (Å²) >= 11 is 0.00694. The van der Waals surface area contributed by atoms with E-state index in [0.717, 1.165) is 53.3 Å². The molecule has 0 aromatic carbocycles. The molecular weight excluding hydrogens is 702 g/mol. The van der Waals surface area contributed by atoms with Crippen LogP contribution < -0.4 is 0 Å². The number of rotatable bonds is 6. The van der Waals surface area contributed by atoms with Crippen molar-refractivity contribution in [2.75, 3.05) is 0 Å². The van der Waals surface area contributed by atoms with E-state index < -0.39 is 5.79 Å². The topological polar surface area (TPSA) is 53.5 Å². The summed E-state index contributed by atoms with van der Waals surface area (Å²) in [6.07, 6.45) is 32.3. The molecule has 6 nitrogen and oxygen atoms in total. The number of nitrogens with zero attached hydrogens (tertiary/aromatic N) is 6. The molecule has 0 radical (unpaired) electrons. The number of hydrogen-bond acceptors (Lipinski definition) is 3. The second-order valence-corrected chi connectivity index (χ2v) is 22.0. The van der Waals surface area contributed by atoms with Gasteiger partial charge in [0.1, 0.15) is 0 Å². The van der Waals surface area contributed by atoms with Crippen molar-refractivity contribution in [3.05, 3.63) is 53.9 Å². The molecule has 3 aromatic heterocycles. The van der Waals surface area contributed by atoms with Crippen molar-refractivity contribution in [2.45, 2.75) is 145 Å². The Morgan fingerprint density at radius 3 is 0.880 bits per heavy atom. The maximum absolute atomic E-state index is 5.62. The average molecular weight is 757 g/mol. The normalized spacial score (nSPS) is 45.5. The SMILES string of the molecule is CC(n1ccc(C23CC4CC(CC(C4)C2)C3)n1)(n1ccc(C23CC4CC(CC(C4)C2)C3)n1)n1ccc(C23CC4CC(CC(C4)C2)C3)n1.[Cl][Mn][Cl]. The summed E-state index contributed by atoms with van der Waals surface area (Å²) in [5.41, 5.74) is 4.90. The van der Waals surface area contributed by atoms with Crippen molar-refractivity contribution < 1.29 is 13.1 Å². The van der Waals surface area contributed by atoms with Crippen molar-refractivity contribution in [1.82, 2.24) is 29.3 Å². The third kappa shape index (κ3) is 4.80. The average Bonchev–Trinajstić information content (AvgIpc) is 3.86. The van der Waals surface area contributed by atoms with Gasteiger partial charge in [-0.3, -0.25) is 0 Å². The standard InChI is InChI=1S/C41H54N6.2ClH.Mn/c1-38(45-5-2-35(42-45)39-17-26-8-27(18-39)10-28(9-26)19-39,46-6-3-36(43-46)40-20-29-11-30(21-40)13-31(12-29)22-40)47-7-4-37(44-47)41-23-32-14-33(24-41)16-34(15-32)25-41;;;/h2-7,26-34H,8-25H2,1H3;2*1H;/q;;;+2/p-2. The molecular formula is C41H54Cl2MnN6. The fourth-order valence-electron chi connectivity index (χ4n) is 16.1. The van der Waals surface area contributed by atoms with Gasteiger partial charge in [0, 0.05) is 41.8 Å². The van der Waals surface area contributed by atoms with Crippen molar-refractivity contribution in [3.63, 3.8) is 0 Å². The molecule has 12 saturated carbocycles. The Hall–Kier alpha value is -1.27. The van der Waals surface area contributed by atoms with Crippen LogP contribution in [-0.2, 0) is 35.2 Å². The summed E-state index contributed by atoms with van der Waals surface area (Å²) < 4.78 is 6.82. The Morgan fingerprint density at radius 2 is 0.680 bits per heavy atom. The zero-order valence-electron chi connectivity index (χ0n) is 29.7. The molecule has 12 aliphatic rings. The molecule has 12 fully saturated rings. The molecule has 3 heterocycles. The van der Waals surface area contributed by atoms with Crippen molar-refractivity contribution >= 4 is 20.2 Å². The summed E-state index contributed by atoms with van der Waals surface area (Å²) in [6.45, 7) is 2.34. The van der Waals surface area contributed by atoms with Gasteiger partial charge in [-0.1, -0.05) is 0 Å². The molecule has 3 aromatic rings. The zero-order chi connectivity index (χ0) is 33.5. The van der Waals surface area contributed by atoms with E-state index in [1.165, 1.54) is 133 Å². The molecule has 0 spiro atoms. The van der Waals surface area contributed by atoms with Gasteiger partial charge in [-0.2, -0.15) is 15.3 Å². The first kappa shape index (κ1) is 32.2. The van der Waals surface area contributed by atoms with Crippen molar-refractivity contribution in [3.8, 4) is 0 Å². The summed E-state index contributed by atoms with van der Waals surface area (Å²) in [6, 6.07) is 7.20. The molecule has 15 rings (SSSR count). The molecule has 0 amide bonds. The third-order valence-corrected chi connectivity index (χ3v) is 16.8. The Morgan fingerprint density at radius 1 is 0.480 bits per heavy atom. The van der Waals surface area contributed by atoms with Crippen LogP contribution in [-0.4, -0.2) is 29.3 Å². The van der Waals surface area contributed by atoms with Crippen LogP contribution in [0.15, 0.2) is 36.8 Å². The quantitative estimate of drug-likeness (QED) is 0.236. The van der Waals surface area contributed by atoms with E-state index in [9.17, 15) is 0 Å². The Kier molecular flexibility index (Phi) is 7.32. The first-order chi connectivity index (χ1) is 24.2. The second kappa shape index (κ2) is 11.4. The van der Waals surface area contributed by atoms with E-state index in [2.05, 4.69) is 57.8 Å². The van der Waals surface area contributed by atoms with E-state index in [4.69, 9.17) is 35.5 Å². The van der Waals surface area contributed by atoms with Gasteiger partial charge in [0.2, 0.25) is 5.79 Å². The van der Waals surface area contributed by atoms with Gasteiger partial charge < -0.3 is 0 Å². The van der Waals surface area contributed by atoms with Gasteiger partial charge >= 0.3 is 33.3 Å². The fourth-order valence-corrected chi connectivity index (χ4v) is 16.1. The van der Waals surface area contributed by atoms with E-state index in [1.54, 1.807) is 0 Å². The van der Waals surface area contributed by atoms with Gasteiger partial charge in [0.05, 0.1) is 17.1 Å². The predicted molar refractivity (Wildman–Crippen MR) is 192 cm³/mol. The molecule has 0 unspecified atom stereocenters. The number of halogens is 2. The molecule has 0 aliphatic heterocycles. The summed E-state index contributed by atoms with van der Waals surface area (Å²) in [5.74, 6) is 7.59.